The first-order valence-electron chi connectivity index (χ1n) is 4.56. The van der Waals surface area contributed by atoms with Gasteiger partial charge < -0.3 is 10.5 Å². The highest BCUT2D eigenvalue weighted by atomic mass is 32.2. The van der Waals surface area contributed by atoms with Crippen molar-refractivity contribution >= 4 is 17.9 Å². The summed E-state index contributed by atoms with van der Waals surface area (Å²) >= 11 is 1.89. The Bertz CT molecular complexity index is 206. The highest BCUT2D eigenvalue weighted by molar-refractivity contribution is 7.99. The van der Waals surface area contributed by atoms with E-state index in [-0.39, 0.29) is 12.1 Å². The van der Waals surface area contributed by atoms with E-state index in [1.54, 1.807) is 0 Å². The van der Waals surface area contributed by atoms with E-state index in [1.807, 2.05) is 16.7 Å². The Balaban J connectivity index is 2.04. The van der Waals surface area contributed by atoms with Crippen LogP contribution in [-0.4, -0.2) is 47.7 Å². The lowest BCUT2D eigenvalue weighted by molar-refractivity contribution is 0.148. The molecule has 4 nitrogen and oxygen atoms in total. The van der Waals surface area contributed by atoms with Gasteiger partial charge in [0.25, 0.3) is 0 Å². The standard InChI is InChI=1S/C8H14N2O2S/c9-3-7-4-12-8(11)10(7)6-1-2-13-5-6/h6-7H,1-5,9H2. The van der Waals surface area contributed by atoms with E-state index in [4.69, 9.17) is 10.5 Å². The lowest BCUT2D eigenvalue weighted by Gasteiger charge is -2.25. The number of rotatable bonds is 2. The molecule has 0 radical (unpaired) electrons. The average molecular weight is 202 g/mol. The topological polar surface area (TPSA) is 55.6 Å². The molecule has 2 aliphatic rings. The van der Waals surface area contributed by atoms with Gasteiger partial charge in [-0.3, -0.25) is 4.90 Å². The molecule has 0 aromatic carbocycles. The van der Waals surface area contributed by atoms with Gasteiger partial charge in [0.15, 0.2) is 0 Å². The van der Waals surface area contributed by atoms with Gasteiger partial charge in [-0.25, -0.2) is 4.79 Å². The van der Waals surface area contributed by atoms with Crippen molar-refractivity contribution in [1.29, 1.82) is 0 Å². The molecule has 2 atom stereocenters. The molecule has 2 saturated heterocycles. The molecule has 2 rings (SSSR count). The molecule has 0 aromatic rings. The number of thioether (sulfide) groups is 1. The number of carbonyl (C=O) groups excluding carboxylic acids is 1. The molecular weight excluding hydrogens is 188 g/mol. The molecule has 2 aliphatic heterocycles. The minimum absolute atomic E-state index is 0.108. The van der Waals surface area contributed by atoms with Crippen LogP contribution in [0.1, 0.15) is 6.42 Å². The fourth-order valence-electron chi connectivity index (χ4n) is 1.84. The molecule has 1 amide bonds. The number of amides is 1. The maximum absolute atomic E-state index is 11.4. The van der Waals surface area contributed by atoms with Crippen LogP contribution in [-0.2, 0) is 4.74 Å². The van der Waals surface area contributed by atoms with Crippen LogP contribution >= 0.6 is 11.8 Å². The SMILES string of the molecule is NCC1COC(=O)N1C1CCSC1. The molecule has 0 spiro atoms. The van der Waals surface area contributed by atoms with Crippen LogP contribution in [0.4, 0.5) is 4.79 Å². The van der Waals surface area contributed by atoms with Crippen LogP contribution in [0.25, 0.3) is 0 Å². The van der Waals surface area contributed by atoms with Crippen LogP contribution in [0, 0.1) is 0 Å². The van der Waals surface area contributed by atoms with Gasteiger partial charge in [0.1, 0.15) is 6.61 Å². The third kappa shape index (κ3) is 1.62. The quantitative estimate of drug-likeness (QED) is 0.698. The summed E-state index contributed by atoms with van der Waals surface area (Å²) in [7, 11) is 0. The Labute approximate surface area is 81.8 Å². The van der Waals surface area contributed by atoms with E-state index < -0.39 is 0 Å². The third-order valence-electron chi connectivity index (χ3n) is 2.57. The molecule has 0 bridgehead atoms. The summed E-state index contributed by atoms with van der Waals surface area (Å²) in [6, 6.07) is 0.463. The van der Waals surface area contributed by atoms with Crippen molar-refractivity contribution in [2.45, 2.75) is 18.5 Å². The molecular formula is C8H14N2O2S. The Hall–Kier alpha value is -0.420. The van der Waals surface area contributed by atoms with Crippen LogP contribution < -0.4 is 5.73 Å². The molecule has 74 valence electrons. The van der Waals surface area contributed by atoms with Gasteiger partial charge in [-0.05, 0) is 12.2 Å². The molecule has 5 heteroatoms. The van der Waals surface area contributed by atoms with Crippen LogP contribution in [0.3, 0.4) is 0 Å². The van der Waals surface area contributed by atoms with Crippen molar-refractivity contribution in [3.63, 3.8) is 0 Å². The second kappa shape index (κ2) is 3.75. The summed E-state index contributed by atoms with van der Waals surface area (Å²) in [5, 5.41) is 0. The smallest absolute Gasteiger partial charge is 0.410 e. The highest BCUT2D eigenvalue weighted by Crippen LogP contribution is 2.26. The average Bonchev–Trinajstić information content (AvgIpc) is 2.72. The van der Waals surface area contributed by atoms with Crippen LogP contribution in [0.5, 0.6) is 0 Å². The summed E-state index contributed by atoms with van der Waals surface area (Å²) in [4.78, 5) is 13.2. The second-order valence-corrected chi connectivity index (χ2v) is 4.54. The number of nitrogens with two attached hydrogens (primary N) is 1. The van der Waals surface area contributed by atoms with Crippen molar-refractivity contribution in [3.05, 3.63) is 0 Å². The number of nitrogens with zero attached hydrogens (tertiary/aromatic N) is 1. The Morgan fingerprint density at radius 1 is 1.69 bits per heavy atom. The normalized spacial score (nSPS) is 33.9. The summed E-state index contributed by atoms with van der Waals surface area (Å²) in [5.41, 5.74) is 5.57. The molecule has 2 N–H and O–H groups in total. The second-order valence-electron chi connectivity index (χ2n) is 3.39. The summed E-state index contributed by atoms with van der Waals surface area (Å²) in [6.07, 6.45) is 0.902. The van der Waals surface area contributed by atoms with E-state index in [0.717, 1.165) is 17.9 Å². The zero-order valence-electron chi connectivity index (χ0n) is 7.44. The number of carbonyl (C=O) groups is 1. The molecule has 2 heterocycles. The van der Waals surface area contributed by atoms with Gasteiger partial charge in [-0.1, -0.05) is 0 Å². The molecule has 2 unspecified atom stereocenters. The van der Waals surface area contributed by atoms with E-state index in [1.165, 1.54) is 0 Å². The number of hydrogen-bond donors (Lipinski definition) is 1. The van der Waals surface area contributed by atoms with E-state index in [0.29, 0.717) is 19.2 Å². The van der Waals surface area contributed by atoms with Crippen LogP contribution in [0.2, 0.25) is 0 Å². The zero-order valence-corrected chi connectivity index (χ0v) is 8.26. The minimum Gasteiger partial charge on any atom is -0.447 e. The first kappa shape index (κ1) is 9.15. The van der Waals surface area contributed by atoms with E-state index in [2.05, 4.69) is 0 Å². The fraction of sp³-hybridized carbons (Fsp3) is 0.875. The monoisotopic (exact) mass is 202 g/mol. The van der Waals surface area contributed by atoms with Crippen molar-refractivity contribution in [2.24, 2.45) is 5.73 Å². The van der Waals surface area contributed by atoms with Gasteiger partial charge in [0.2, 0.25) is 0 Å². The summed E-state index contributed by atoms with van der Waals surface area (Å²) in [5.74, 6) is 2.18. The number of ether oxygens (including phenoxy) is 1. The highest BCUT2D eigenvalue weighted by Gasteiger charge is 2.38. The summed E-state index contributed by atoms with van der Waals surface area (Å²) < 4.78 is 4.98. The fourth-order valence-corrected chi connectivity index (χ4v) is 3.05. The van der Waals surface area contributed by atoms with Gasteiger partial charge >= 0.3 is 6.09 Å². The lowest BCUT2D eigenvalue weighted by atomic mass is 10.2. The minimum atomic E-state index is -0.178. The van der Waals surface area contributed by atoms with E-state index >= 15 is 0 Å². The van der Waals surface area contributed by atoms with E-state index in [9.17, 15) is 4.79 Å². The number of cyclic esters (lactones) is 1. The molecule has 0 aromatic heterocycles. The lowest BCUT2D eigenvalue weighted by Crippen LogP contribution is -2.45. The van der Waals surface area contributed by atoms with Crippen molar-refractivity contribution in [1.82, 2.24) is 4.90 Å². The first-order chi connectivity index (χ1) is 6.33. The Morgan fingerprint density at radius 3 is 3.15 bits per heavy atom. The van der Waals surface area contributed by atoms with Gasteiger partial charge in [0, 0.05) is 18.3 Å². The number of hydrogen-bond acceptors (Lipinski definition) is 4. The van der Waals surface area contributed by atoms with Crippen molar-refractivity contribution in [3.8, 4) is 0 Å². The molecule has 2 fully saturated rings. The Morgan fingerprint density at radius 2 is 2.54 bits per heavy atom. The molecule has 0 saturated carbocycles. The predicted molar refractivity (Wildman–Crippen MR) is 51.8 cm³/mol. The predicted octanol–water partition coefficient (Wildman–Crippen LogP) is 0.271. The third-order valence-corrected chi connectivity index (χ3v) is 3.72. The zero-order chi connectivity index (χ0) is 9.26. The van der Waals surface area contributed by atoms with Crippen molar-refractivity contribution in [2.75, 3.05) is 24.7 Å². The van der Waals surface area contributed by atoms with Gasteiger partial charge in [0.05, 0.1) is 6.04 Å². The summed E-state index contributed by atoms with van der Waals surface area (Å²) in [6.45, 7) is 0.976. The van der Waals surface area contributed by atoms with Gasteiger partial charge in [-0.2, -0.15) is 11.8 Å². The maximum Gasteiger partial charge on any atom is 0.410 e. The first-order valence-corrected chi connectivity index (χ1v) is 5.71. The maximum atomic E-state index is 11.4. The largest absolute Gasteiger partial charge is 0.447 e. The van der Waals surface area contributed by atoms with Crippen LogP contribution in [0.15, 0.2) is 0 Å². The van der Waals surface area contributed by atoms with Crippen molar-refractivity contribution < 1.29 is 9.53 Å². The van der Waals surface area contributed by atoms with Gasteiger partial charge in [-0.15, -0.1) is 0 Å². The molecule has 0 aliphatic carbocycles. The molecule has 13 heavy (non-hydrogen) atoms. The Kier molecular flexibility index (Phi) is 2.64.